The Labute approximate surface area is 133 Å². The van der Waals surface area contributed by atoms with E-state index in [2.05, 4.69) is 15.9 Å². The summed E-state index contributed by atoms with van der Waals surface area (Å²) in [6.07, 6.45) is 0. The lowest BCUT2D eigenvalue weighted by atomic mass is 10.1. The largest absolute Gasteiger partial charge is 0.300 e. The van der Waals surface area contributed by atoms with E-state index in [1.165, 1.54) is 17.0 Å². The first kappa shape index (κ1) is 14.4. The highest BCUT2D eigenvalue weighted by atomic mass is 79.9. The lowest BCUT2D eigenvalue weighted by Crippen LogP contribution is -2.29. The summed E-state index contributed by atoms with van der Waals surface area (Å²) in [5.41, 5.74) is 1.14. The van der Waals surface area contributed by atoms with Crippen LogP contribution < -0.4 is 4.90 Å². The van der Waals surface area contributed by atoms with E-state index >= 15 is 0 Å². The molecule has 22 heavy (non-hydrogen) atoms. The summed E-state index contributed by atoms with van der Waals surface area (Å²) in [5, 5.41) is 10.8. The fourth-order valence-electron chi connectivity index (χ4n) is 2.33. The van der Waals surface area contributed by atoms with Crippen molar-refractivity contribution in [2.24, 2.45) is 0 Å². The summed E-state index contributed by atoms with van der Waals surface area (Å²) in [6.45, 7) is 0.239. The molecule has 2 aromatic rings. The van der Waals surface area contributed by atoms with Gasteiger partial charge in [0.05, 0.1) is 22.7 Å². The third-order valence-electron chi connectivity index (χ3n) is 3.42. The van der Waals surface area contributed by atoms with Gasteiger partial charge in [0.1, 0.15) is 0 Å². The van der Waals surface area contributed by atoms with E-state index in [-0.39, 0.29) is 17.8 Å². The molecule has 0 aromatic heterocycles. The molecule has 1 heterocycles. The highest BCUT2D eigenvalue weighted by Gasteiger charge is 2.36. The van der Waals surface area contributed by atoms with Gasteiger partial charge in [-0.2, -0.15) is 0 Å². The van der Waals surface area contributed by atoms with Gasteiger partial charge in [0, 0.05) is 16.6 Å². The Balaban J connectivity index is 1.98. The van der Waals surface area contributed by atoms with Crippen molar-refractivity contribution in [1.29, 1.82) is 0 Å². The molecule has 0 unspecified atom stereocenters. The fraction of sp³-hybridized carbons (Fsp3) is 0.0667. The number of halogens is 1. The van der Waals surface area contributed by atoms with Gasteiger partial charge in [0.2, 0.25) is 0 Å². The smallest absolute Gasteiger partial charge is 0.299 e. The van der Waals surface area contributed by atoms with Gasteiger partial charge in [-0.15, -0.1) is 0 Å². The molecule has 1 aliphatic heterocycles. The van der Waals surface area contributed by atoms with E-state index in [0.29, 0.717) is 5.69 Å². The molecule has 1 amide bonds. The number of rotatable bonds is 3. The lowest BCUT2D eigenvalue weighted by molar-refractivity contribution is -0.384. The second kappa shape index (κ2) is 5.34. The fourth-order valence-corrected chi connectivity index (χ4v) is 2.60. The number of fused-ring (bicyclic) bond motifs is 1. The van der Waals surface area contributed by atoms with E-state index in [4.69, 9.17) is 0 Å². The van der Waals surface area contributed by atoms with Crippen LogP contribution in [0.3, 0.4) is 0 Å². The van der Waals surface area contributed by atoms with Gasteiger partial charge in [-0.3, -0.25) is 19.7 Å². The van der Waals surface area contributed by atoms with Crippen molar-refractivity contribution >= 4 is 39.0 Å². The minimum atomic E-state index is -0.712. The van der Waals surface area contributed by atoms with Crippen molar-refractivity contribution in [2.75, 3.05) is 4.90 Å². The Morgan fingerprint density at radius 1 is 1.09 bits per heavy atom. The molecule has 0 spiro atoms. The van der Waals surface area contributed by atoms with Gasteiger partial charge in [-0.05, 0) is 23.8 Å². The van der Waals surface area contributed by atoms with E-state index < -0.39 is 16.6 Å². The van der Waals surface area contributed by atoms with Gasteiger partial charge in [-0.1, -0.05) is 28.1 Å². The average molecular weight is 361 g/mol. The maximum Gasteiger partial charge on any atom is 0.299 e. The van der Waals surface area contributed by atoms with Crippen LogP contribution in [0.15, 0.2) is 46.9 Å². The Morgan fingerprint density at radius 3 is 2.41 bits per heavy atom. The number of ketones is 1. The predicted molar refractivity (Wildman–Crippen MR) is 82.8 cm³/mol. The van der Waals surface area contributed by atoms with E-state index in [0.717, 1.165) is 16.1 Å². The van der Waals surface area contributed by atoms with E-state index in [1.54, 1.807) is 0 Å². The van der Waals surface area contributed by atoms with Crippen molar-refractivity contribution in [3.05, 3.63) is 68.2 Å². The number of Topliss-reactive ketones (excluding diaryl/α,β-unsaturated/α-hetero) is 1. The van der Waals surface area contributed by atoms with Crippen molar-refractivity contribution in [1.82, 2.24) is 0 Å². The zero-order chi connectivity index (χ0) is 15.9. The van der Waals surface area contributed by atoms with E-state index in [1.807, 2.05) is 24.3 Å². The van der Waals surface area contributed by atoms with Gasteiger partial charge in [0.15, 0.2) is 0 Å². The van der Waals surface area contributed by atoms with Gasteiger partial charge in [0.25, 0.3) is 17.4 Å². The first-order valence-corrected chi connectivity index (χ1v) is 7.16. The Morgan fingerprint density at radius 2 is 1.77 bits per heavy atom. The number of nitrogens with zero attached hydrogens (tertiary/aromatic N) is 2. The summed E-state index contributed by atoms with van der Waals surface area (Å²) in [4.78, 5) is 35.7. The van der Waals surface area contributed by atoms with Crippen LogP contribution >= 0.6 is 15.9 Å². The van der Waals surface area contributed by atoms with Crippen molar-refractivity contribution in [2.45, 2.75) is 6.54 Å². The third-order valence-corrected chi connectivity index (χ3v) is 3.95. The zero-order valence-electron chi connectivity index (χ0n) is 11.2. The number of non-ortho nitro benzene ring substituents is 1. The molecule has 0 aliphatic carbocycles. The van der Waals surface area contributed by atoms with Crippen LogP contribution in [0.25, 0.3) is 0 Å². The number of anilines is 1. The summed E-state index contributed by atoms with van der Waals surface area (Å²) < 4.78 is 0.913. The first-order valence-electron chi connectivity index (χ1n) is 6.36. The molecule has 7 heteroatoms. The third kappa shape index (κ3) is 2.39. The Kier molecular flexibility index (Phi) is 3.50. The number of hydrogen-bond acceptors (Lipinski definition) is 4. The molecule has 1 aliphatic rings. The van der Waals surface area contributed by atoms with Crippen LogP contribution in [-0.2, 0) is 11.3 Å². The molecule has 0 radical (unpaired) electrons. The second-order valence-corrected chi connectivity index (χ2v) is 5.72. The minimum absolute atomic E-state index is 0.0799. The summed E-state index contributed by atoms with van der Waals surface area (Å²) in [5.74, 6) is -1.38. The summed E-state index contributed by atoms with van der Waals surface area (Å²) in [6, 6.07) is 11.2. The lowest BCUT2D eigenvalue weighted by Gasteiger charge is -2.16. The molecule has 0 fully saturated rings. The highest BCUT2D eigenvalue weighted by Crippen LogP contribution is 2.33. The van der Waals surface area contributed by atoms with Crippen molar-refractivity contribution in [3.8, 4) is 0 Å². The monoisotopic (exact) mass is 360 g/mol. The first-order chi connectivity index (χ1) is 10.5. The molecule has 0 N–H and O–H groups in total. The van der Waals surface area contributed by atoms with Crippen LogP contribution in [0.2, 0.25) is 0 Å². The quantitative estimate of drug-likeness (QED) is 0.478. The Bertz CT molecular complexity index is 802. The number of hydrogen-bond donors (Lipinski definition) is 0. The topological polar surface area (TPSA) is 80.5 Å². The molecule has 0 atom stereocenters. The number of nitro benzene ring substituents is 1. The molecule has 0 saturated carbocycles. The molecule has 3 rings (SSSR count). The maximum absolute atomic E-state index is 12.1. The van der Waals surface area contributed by atoms with Crippen LogP contribution in [-0.4, -0.2) is 16.6 Å². The summed E-state index contributed by atoms with van der Waals surface area (Å²) in [7, 11) is 0. The normalized spacial score (nSPS) is 13.4. The summed E-state index contributed by atoms with van der Waals surface area (Å²) >= 11 is 3.33. The number of benzene rings is 2. The molecule has 110 valence electrons. The SMILES string of the molecule is O=C1C(=O)N(Cc2ccc(Br)cc2)c2ccc([N+](=O)[O-])cc21. The van der Waals surface area contributed by atoms with Crippen LogP contribution in [0.4, 0.5) is 11.4 Å². The highest BCUT2D eigenvalue weighted by molar-refractivity contribution is 9.10. The zero-order valence-corrected chi connectivity index (χ0v) is 12.7. The molecule has 2 aromatic carbocycles. The maximum atomic E-state index is 12.1. The van der Waals surface area contributed by atoms with E-state index in [9.17, 15) is 19.7 Å². The number of amides is 1. The molecule has 6 nitrogen and oxygen atoms in total. The predicted octanol–water partition coefficient (Wildman–Crippen LogP) is 3.09. The average Bonchev–Trinajstić information content (AvgIpc) is 2.74. The number of carbonyl (C=O) groups excluding carboxylic acids is 2. The van der Waals surface area contributed by atoms with Crippen LogP contribution in [0, 0.1) is 10.1 Å². The molecular formula is C15H9BrN2O4. The second-order valence-electron chi connectivity index (χ2n) is 4.81. The Hall–Kier alpha value is -2.54. The van der Waals surface area contributed by atoms with Crippen LogP contribution in [0.1, 0.15) is 15.9 Å². The van der Waals surface area contributed by atoms with Gasteiger partial charge < -0.3 is 4.90 Å². The molecular weight excluding hydrogens is 352 g/mol. The minimum Gasteiger partial charge on any atom is -0.300 e. The number of carbonyl (C=O) groups is 2. The molecule has 0 saturated heterocycles. The van der Waals surface area contributed by atoms with Crippen LogP contribution in [0.5, 0.6) is 0 Å². The standard InChI is InChI=1S/C15H9BrN2O4/c16-10-3-1-9(2-4-10)8-17-13-6-5-11(18(21)22)7-12(13)14(19)15(17)20/h1-7H,8H2. The van der Waals surface area contributed by atoms with Crippen molar-refractivity contribution < 1.29 is 14.5 Å². The number of nitro groups is 1. The van der Waals surface area contributed by atoms with Crippen molar-refractivity contribution in [3.63, 3.8) is 0 Å². The van der Waals surface area contributed by atoms with Gasteiger partial charge in [-0.25, -0.2) is 0 Å². The van der Waals surface area contributed by atoms with Gasteiger partial charge >= 0.3 is 0 Å². The molecule has 0 bridgehead atoms.